The highest BCUT2D eigenvalue weighted by Crippen LogP contribution is 2.18. The number of halogens is 1. The van der Waals surface area contributed by atoms with Crippen molar-refractivity contribution < 1.29 is 9.59 Å². The van der Waals surface area contributed by atoms with E-state index in [-0.39, 0.29) is 5.56 Å². The van der Waals surface area contributed by atoms with Gasteiger partial charge in [-0.25, -0.2) is 0 Å². The van der Waals surface area contributed by atoms with E-state index < -0.39 is 11.1 Å². The zero-order valence-electron chi connectivity index (χ0n) is 12.1. The smallest absolute Gasteiger partial charge is 0.306 e. The lowest BCUT2D eigenvalue weighted by atomic mass is 10.1. The standard InChI is InChI=1S/C16H15ClN2O2S/c1-10-7-8-12(9-11(10)2)19-22-16(21)18-15(20)13-5-3-4-6-14(13)17/h3-9,19H,1-2H3,(H,18,20,21). The molecule has 114 valence electrons. The highest BCUT2D eigenvalue weighted by molar-refractivity contribution is 8.14. The number of carbonyl (C=O) groups excluding carboxylic acids is 2. The summed E-state index contributed by atoms with van der Waals surface area (Å²) in [5, 5.41) is 2.08. The van der Waals surface area contributed by atoms with Crippen molar-refractivity contribution in [3.63, 3.8) is 0 Å². The molecule has 4 nitrogen and oxygen atoms in total. The molecule has 2 amide bonds. The number of aryl methyl sites for hydroxylation is 2. The molecule has 0 saturated carbocycles. The first-order chi connectivity index (χ1) is 10.5. The summed E-state index contributed by atoms with van der Waals surface area (Å²) in [7, 11) is 0. The highest BCUT2D eigenvalue weighted by atomic mass is 35.5. The molecule has 0 unspecified atom stereocenters. The minimum atomic E-state index is -0.523. The Morgan fingerprint density at radius 2 is 1.77 bits per heavy atom. The van der Waals surface area contributed by atoms with Gasteiger partial charge in [0.1, 0.15) is 0 Å². The molecule has 6 heteroatoms. The van der Waals surface area contributed by atoms with Crippen molar-refractivity contribution in [1.82, 2.24) is 5.32 Å². The Bertz CT molecular complexity index is 719. The van der Waals surface area contributed by atoms with Gasteiger partial charge in [0, 0.05) is 17.6 Å². The van der Waals surface area contributed by atoms with Crippen LogP contribution in [0, 0.1) is 13.8 Å². The second-order valence-corrected chi connectivity index (χ2v) is 5.91. The average molecular weight is 335 g/mol. The molecule has 2 rings (SSSR count). The van der Waals surface area contributed by atoms with Crippen LogP contribution >= 0.6 is 23.5 Å². The Morgan fingerprint density at radius 3 is 2.45 bits per heavy atom. The summed E-state index contributed by atoms with van der Waals surface area (Å²) in [6, 6.07) is 12.3. The molecule has 2 aromatic carbocycles. The zero-order chi connectivity index (χ0) is 16.1. The molecule has 0 aromatic heterocycles. The fourth-order valence-corrected chi connectivity index (χ4v) is 2.44. The van der Waals surface area contributed by atoms with Crippen LogP contribution in [0.2, 0.25) is 5.02 Å². The Morgan fingerprint density at radius 1 is 1.05 bits per heavy atom. The van der Waals surface area contributed by atoms with Crippen LogP contribution in [0.1, 0.15) is 21.5 Å². The number of hydrogen-bond donors (Lipinski definition) is 2. The van der Waals surface area contributed by atoms with E-state index in [1.807, 2.05) is 32.0 Å². The van der Waals surface area contributed by atoms with Crippen LogP contribution in [0.5, 0.6) is 0 Å². The molecule has 0 atom stereocenters. The third-order valence-electron chi connectivity index (χ3n) is 3.10. The lowest BCUT2D eigenvalue weighted by molar-refractivity contribution is 0.0969. The highest BCUT2D eigenvalue weighted by Gasteiger charge is 2.13. The van der Waals surface area contributed by atoms with Crippen LogP contribution in [0.3, 0.4) is 0 Å². The van der Waals surface area contributed by atoms with Gasteiger partial charge in [-0.05, 0) is 49.2 Å². The maximum atomic E-state index is 11.9. The minimum Gasteiger partial charge on any atom is -0.322 e. The molecule has 22 heavy (non-hydrogen) atoms. The minimum absolute atomic E-state index is 0.268. The molecular weight excluding hydrogens is 320 g/mol. The number of imide groups is 1. The SMILES string of the molecule is Cc1ccc(NSC(=O)NC(=O)c2ccccc2Cl)cc1C. The molecule has 0 aliphatic heterocycles. The van der Waals surface area contributed by atoms with E-state index in [0.29, 0.717) is 5.02 Å². The van der Waals surface area contributed by atoms with Gasteiger partial charge in [0.25, 0.3) is 5.91 Å². The number of amides is 2. The predicted molar refractivity (Wildman–Crippen MR) is 91.4 cm³/mol. The largest absolute Gasteiger partial charge is 0.322 e. The van der Waals surface area contributed by atoms with Crippen molar-refractivity contribution in [2.75, 3.05) is 4.72 Å². The number of benzene rings is 2. The van der Waals surface area contributed by atoms with Gasteiger partial charge in [0.2, 0.25) is 0 Å². The molecule has 0 fully saturated rings. The van der Waals surface area contributed by atoms with Crippen LogP contribution < -0.4 is 10.0 Å². The predicted octanol–water partition coefficient (Wildman–Crippen LogP) is 4.57. The zero-order valence-corrected chi connectivity index (χ0v) is 13.7. The van der Waals surface area contributed by atoms with Crippen molar-refractivity contribution >= 4 is 40.4 Å². The van der Waals surface area contributed by atoms with Gasteiger partial charge in [0.05, 0.1) is 10.6 Å². The van der Waals surface area contributed by atoms with Gasteiger partial charge in [-0.3, -0.25) is 14.9 Å². The van der Waals surface area contributed by atoms with Crippen LogP contribution in [-0.4, -0.2) is 11.1 Å². The molecule has 0 aliphatic carbocycles. The van der Waals surface area contributed by atoms with Crippen LogP contribution in [0.15, 0.2) is 42.5 Å². The van der Waals surface area contributed by atoms with Gasteiger partial charge < -0.3 is 4.72 Å². The average Bonchev–Trinajstić information content (AvgIpc) is 2.49. The molecule has 2 aromatic rings. The van der Waals surface area contributed by atoms with Crippen LogP contribution in [0.4, 0.5) is 10.5 Å². The molecule has 0 heterocycles. The first-order valence-corrected chi connectivity index (χ1v) is 7.77. The van der Waals surface area contributed by atoms with Crippen LogP contribution in [-0.2, 0) is 0 Å². The Labute approximate surface area is 138 Å². The first kappa shape index (κ1) is 16.4. The van der Waals surface area contributed by atoms with E-state index >= 15 is 0 Å². The van der Waals surface area contributed by atoms with Gasteiger partial charge in [-0.2, -0.15) is 0 Å². The maximum Gasteiger partial charge on any atom is 0.306 e. The number of anilines is 1. The number of hydrogen-bond acceptors (Lipinski definition) is 4. The van der Waals surface area contributed by atoms with Gasteiger partial charge in [-0.1, -0.05) is 29.8 Å². The van der Waals surface area contributed by atoms with Crippen LogP contribution in [0.25, 0.3) is 0 Å². The lowest BCUT2D eigenvalue weighted by Gasteiger charge is -2.08. The molecule has 0 radical (unpaired) electrons. The van der Waals surface area contributed by atoms with Gasteiger partial charge in [0.15, 0.2) is 0 Å². The molecule has 2 N–H and O–H groups in total. The summed E-state index contributed by atoms with van der Waals surface area (Å²) in [6.45, 7) is 4.01. The molecular formula is C16H15ClN2O2S. The van der Waals surface area contributed by atoms with Gasteiger partial charge >= 0.3 is 5.24 Å². The summed E-state index contributed by atoms with van der Waals surface area (Å²) in [6.07, 6.45) is 0. The Balaban J connectivity index is 1.92. The summed E-state index contributed by atoms with van der Waals surface area (Å²) in [5.41, 5.74) is 3.37. The summed E-state index contributed by atoms with van der Waals surface area (Å²) in [4.78, 5) is 23.7. The fraction of sp³-hybridized carbons (Fsp3) is 0.125. The van der Waals surface area contributed by atoms with E-state index in [1.165, 1.54) is 5.56 Å². The Hall–Kier alpha value is -1.98. The molecule has 0 saturated heterocycles. The topological polar surface area (TPSA) is 58.2 Å². The van der Waals surface area contributed by atoms with Crippen molar-refractivity contribution in [2.45, 2.75) is 13.8 Å². The van der Waals surface area contributed by atoms with Crippen molar-refractivity contribution in [3.05, 3.63) is 64.2 Å². The molecule has 0 spiro atoms. The fourth-order valence-electron chi connectivity index (χ4n) is 1.74. The number of nitrogens with one attached hydrogen (secondary N) is 2. The van der Waals surface area contributed by atoms with E-state index in [9.17, 15) is 9.59 Å². The third-order valence-corrected chi connectivity index (χ3v) is 4.06. The van der Waals surface area contributed by atoms with Crippen molar-refractivity contribution in [1.29, 1.82) is 0 Å². The molecule has 0 aliphatic rings. The second-order valence-electron chi connectivity index (χ2n) is 4.72. The van der Waals surface area contributed by atoms with Crippen molar-refractivity contribution in [3.8, 4) is 0 Å². The summed E-state index contributed by atoms with van der Waals surface area (Å²) < 4.78 is 2.90. The van der Waals surface area contributed by atoms with E-state index in [2.05, 4.69) is 10.0 Å². The first-order valence-electron chi connectivity index (χ1n) is 6.57. The van der Waals surface area contributed by atoms with E-state index in [1.54, 1.807) is 24.3 Å². The number of rotatable bonds is 3. The summed E-state index contributed by atoms with van der Waals surface area (Å²) in [5.74, 6) is -0.523. The van der Waals surface area contributed by atoms with Crippen molar-refractivity contribution in [2.24, 2.45) is 0 Å². The molecule has 0 bridgehead atoms. The monoisotopic (exact) mass is 334 g/mol. The third kappa shape index (κ3) is 4.26. The lowest BCUT2D eigenvalue weighted by Crippen LogP contribution is -2.28. The van der Waals surface area contributed by atoms with E-state index in [4.69, 9.17) is 11.6 Å². The normalized spacial score (nSPS) is 10.1. The van der Waals surface area contributed by atoms with E-state index in [0.717, 1.165) is 23.2 Å². The van der Waals surface area contributed by atoms with Gasteiger partial charge in [-0.15, -0.1) is 0 Å². The number of carbonyl (C=O) groups is 2. The Kier molecular flexibility index (Phi) is 5.46. The quantitative estimate of drug-likeness (QED) is 0.807. The second kappa shape index (κ2) is 7.33. The maximum absolute atomic E-state index is 11.9. The summed E-state index contributed by atoms with van der Waals surface area (Å²) >= 11 is 6.72.